The average molecular weight is 316 g/mol. The number of fused-ring (bicyclic) bond motifs is 1. The van der Waals surface area contributed by atoms with Crippen LogP contribution in [0.3, 0.4) is 0 Å². The van der Waals surface area contributed by atoms with Crippen LogP contribution in [0.1, 0.15) is 30.5 Å². The third kappa shape index (κ3) is 2.91. The Hall–Kier alpha value is -2.43. The summed E-state index contributed by atoms with van der Waals surface area (Å²) in [4.78, 5) is 13.3. The van der Waals surface area contributed by atoms with Gasteiger partial charge in [-0.2, -0.15) is 0 Å². The number of nitrogens with one attached hydrogen (secondary N) is 1. The van der Waals surface area contributed by atoms with Gasteiger partial charge in [-0.15, -0.1) is 0 Å². The number of hydrogen-bond donors (Lipinski definition) is 1. The molecule has 5 heteroatoms. The maximum Gasteiger partial charge on any atom is 0.227 e. The minimum Gasteiger partial charge on any atom is -0.378 e. The predicted octanol–water partition coefficient (Wildman–Crippen LogP) is 4.05. The van der Waals surface area contributed by atoms with E-state index in [4.69, 9.17) is 0 Å². The van der Waals surface area contributed by atoms with Gasteiger partial charge in [-0.3, -0.25) is 4.79 Å². The molecule has 120 valence electrons. The topological polar surface area (TPSA) is 32.3 Å². The Morgan fingerprint density at radius 2 is 1.83 bits per heavy atom. The van der Waals surface area contributed by atoms with E-state index in [2.05, 4.69) is 5.32 Å². The molecule has 1 amide bonds. The molecule has 3 nitrogen and oxygen atoms in total. The van der Waals surface area contributed by atoms with Crippen LogP contribution >= 0.6 is 0 Å². The maximum absolute atomic E-state index is 13.8. The molecule has 3 rings (SSSR count). The van der Waals surface area contributed by atoms with E-state index in [0.29, 0.717) is 12.8 Å². The molecular formula is C18H18F2N2O. The van der Waals surface area contributed by atoms with E-state index in [1.807, 2.05) is 18.2 Å². The van der Waals surface area contributed by atoms with Crippen molar-refractivity contribution >= 4 is 17.3 Å². The summed E-state index contributed by atoms with van der Waals surface area (Å²) in [6.07, 6.45) is 1.15. The zero-order chi connectivity index (χ0) is 16.6. The normalized spacial score (nSPS) is 15.3. The van der Waals surface area contributed by atoms with Crippen molar-refractivity contribution in [2.24, 2.45) is 0 Å². The molecule has 2 aromatic carbocycles. The van der Waals surface area contributed by atoms with Gasteiger partial charge in [0.25, 0.3) is 0 Å². The third-order valence-corrected chi connectivity index (χ3v) is 4.24. The Balaban J connectivity index is 1.85. The van der Waals surface area contributed by atoms with Crippen molar-refractivity contribution in [1.82, 2.24) is 0 Å². The first-order valence-corrected chi connectivity index (χ1v) is 7.57. The Kier molecular flexibility index (Phi) is 4.03. The lowest BCUT2D eigenvalue weighted by Gasteiger charge is -2.27. The van der Waals surface area contributed by atoms with Crippen molar-refractivity contribution in [2.45, 2.75) is 25.8 Å². The second kappa shape index (κ2) is 5.99. The van der Waals surface area contributed by atoms with E-state index in [-0.39, 0.29) is 11.5 Å². The number of carbonyl (C=O) groups excluding carboxylic acids is 1. The molecule has 0 spiro atoms. The molecule has 1 aliphatic heterocycles. The summed E-state index contributed by atoms with van der Waals surface area (Å²) in [5.74, 6) is -1.03. The highest BCUT2D eigenvalue weighted by molar-refractivity contribution is 5.96. The molecule has 0 aliphatic carbocycles. The van der Waals surface area contributed by atoms with Crippen molar-refractivity contribution in [2.75, 3.05) is 17.3 Å². The van der Waals surface area contributed by atoms with E-state index in [0.717, 1.165) is 16.9 Å². The van der Waals surface area contributed by atoms with Crippen LogP contribution < -0.4 is 10.2 Å². The van der Waals surface area contributed by atoms with Gasteiger partial charge in [0.1, 0.15) is 11.6 Å². The summed E-state index contributed by atoms with van der Waals surface area (Å²) in [5, 5.41) is 3.13. The molecule has 0 aromatic heterocycles. The summed E-state index contributed by atoms with van der Waals surface area (Å²) in [6, 6.07) is 8.98. The number of carbonyl (C=O) groups is 1. The van der Waals surface area contributed by atoms with E-state index in [9.17, 15) is 13.6 Å². The minimum absolute atomic E-state index is 0.0255. The fourth-order valence-electron chi connectivity index (χ4n) is 2.99. The fraction of sp³-hybridized carbons (Fsp3) is 0.278. The van der Waals surface area contributed by atoms with Crippen LogP contribution in [0.5, 0.6) is 0 Å². The quantitative estimate of drug-likeness (QED) is 0.926. The van der Waals surface area contributed by atoms with Crippen LogP contribution in [0, 0.1) is 11.6 Å². The standard InChI is InChI=1S/C18H18F2N2O/c1-11(18-14(19)4-3-5-15(18)20)21-13-7-8-16-12(10-13)6-9-17(23)22(16)2/h3-5,7-8,10-11,21H,6,9H2,1-2H3/t11-/m0/s1. The lowest BCUT2D eigenvalue weighted by atomic mass is 10.0. The van der Waals surface area contributed by atoms with Gasteiger partial charge < -0.3 is 10.2 Å². The fourth-order valence-corrected chi connectivity index (χ4v) is 2.99. The van der Waals surface area contributed by atoms with Crippen LogP contribution in [-0.4, -0.2) is 13.0 Å². The number of amides is 1. The second-order valence-electron chi connectivity index (χ2n) is 5.80. The van der Waals surface area contributed by atoms with Crippen LogP contribution in [0.4, 0.5) is 20.2 Å². The predicted molar refractivity (Wildman–Crippen MR) is 86.6 cm³/mol. The summed E-state index contributed by atoms with van der Waals surface area (Å²) in [6.45, 7) is 1.72. The lowest BCUT2D eigenvalue weighted by molar-refractivity contribution is -0.118. The zero-order valence-corrected chi connectivity index (χ0v) is 13.1. The monoisotopic (exact) mass is 316 g/mol. The molecule has 0 fully saturated rings. The Morgan fingerprint density at radius 3 is 2.52 bits per heavy atom. The molecule has 0 radical (unpaired) electrons. The molecule has 2 aromatic rings. The van der Waals surface area contributed by atoms with Gasteiger partial charge in [0.15, 0.2) is 0 Å². The minimum atomic E-state index is -0.562. The van der Waals surface area contributed by atoms with Gasteiger partial charge >= 0.3 is 0 Å². The van der Waals surface area contributed by atoms with Gasteiger partial charge in [0, 0.05) is 30.4 Å². The molecule has 1 aliphatic rings. The van der Waals surface area contributed by atoms with Crippen LogP contribution in [0.2, 0.25) is 0 Å². The number of halogens is 2. The second-order valence-corrected chi connectivity index (χ2v) is 5.80. The smallest absolute Gasteiger partial charge is 0.227 e. The van der Waals surface area contributed by atoms with Crippen molar-refractivity contribution in [1.29, 1.82) is 0 Å². The summed E-state index contributed by atoms with van der Waals surface area (Å²) in [5.41, 5.74) is 2.74. The van der Waals surface area contributed by atoms with Gasteiger partial charge in [-0.1, -0.05) is 6.07 Å². The molecule has 23 heavy (non-hydrogen) atoms. The van der Waals surface area contributed by atoms with E-state index < -0.39 is 17.7 Å². The number of benzene rings is 2. The first-order valence-electron chi connectivity index (χ1n) is 7.57. The van der Waals surface area contributed by atoms with Gasteiger partial charge in [-0.25, -0.2) is 8.78 Å². The lowest BCUT2D eigenvalue weighted by Crippen LogP contribution is -2.31. The van der Waals surface area contributed by atoms with Crippen molar-refractivity contribution < 1.29 is 13.6 Å². The molecule has 1 atom stereocenters. The molecule has 0 bridgehead atoms. The molecule has 0 saturated heterocycles. The first kappa shape index (κ1) is 15.5. The number of hydrogen-bond acceptors (Lipinski definition) is 2. The first-order chi connectivity index (χ1) is 11.0. The Morgan fingerprint density at radius 1 is 1.13 bits per heavy atom. The molecule has 0 unspecified atom stereocenters. The van der Waals surface area contributed by atoms with E-state index in [1.54, 1.807) is 18.9 Å². The highest BCUT2D eigenvalue weighted by Gasteiger charge is 2.21. The maximum atomic E-state index is 13.8. The van der Waals surface area contributed by atoms with Crippen molar-refractivity contribution in [3.05, 3.63) is 59.2 Å². The van der Waals surface area contributed by atoms with Crippen LogP contribution in [-0.2, 0) is 11.2 Å². The summed E-state index contributed by atoms with van der Waals surface area (Å²) < 4.78 is 27.7. The number of aryl methyl sites for hydroxylation is 1. The molecule has 1 N–H and O–H groups in total. The van der Waals surface area contributed by atoms with E-state index in [1.165, 1.54) is 18.2 Å². The SMILES string of the molecule is C[C@H](Nc1ccc2c(c1)CCC(=O)N2C)c1c(F)cccc1F. The number of rotatable bonds is 3. The molecule has 1 heterocycles. The number of nitrogens with zero attached hydrogens (tertiary/aromatic N) is 1. The largest absolute Gasteiger partial charge is 0.378 e. The average Bonchev–Trinajstić information content (AvgIpc) is 2.51. The highest BCUT2D eigenvalue weighted by Crippen LogP contribution is 2.31. The zero-order valence-electron chi connectivity index (χ0n) is 13.1. The van der Waals surface area contributed by atoms with Gasteiger partial charge in [0.05, 0.1) is 6.04 Å². The van der Waals surface area contributed by atoms with Gasteiger partial charge in [0.2, 0.25) is 5.91 Å². The molecule has 0 saturated carbocycles. The summed E-state index contributed by atoms with van der Waals surface area (Å²) >= 11 is 0. The van der Waals surface area contributed by atoms with Crippen LogP contribution in [0.25, 0.3) is 0 Å². The Labute approximate surface area is 133 Å². The van der Waals surface area contributed by atoms with Crippen LogP contribution in [0.15, 0.2) is 36.4 Å². The number of anilines is 2. The Bertz CT molecular complexity index is 740. The summed E-state index contributed by atoms with van der Waals surface area (Å²) in [7, 11) is 1.75. The highest BCUT2D eigenvalue weighted by atomic mass is 19.1. The van der Waals surface area contributed by atoms with Crippen molar-refractivity contribution in [3.8, 4) is 0 Å². The van der Waals surface area contributed by atoms with Crippen molar-refractivity contribution in [3.63, 3.8) is 0 Å². The third-order valence-electron chi connectivity index (χ3n) is 4.24. The van der Waals surface area contributed by atoms with E-state index >= 15 is 0 Å². The molecular weight excluding hydrogens is 298 g/mol. The van der Waals surface area contributed by atoms with Gasteiger partial charge in [-0.05, 0) is 49.2 Å².